The van der Waals surface area contributed by atoms with Gasteiger partial charge in [-0.2, -0.15) is 8.78 Å². The highest BCUT2D eigenvalue weighted by atomic mass is 19.3. The minimum atomic E-state index is -3.32. The molecule has 0 saturated heterocycles. The van der Waals surface area contributed by atoms with Gasteiger partial charge < -0.3 is 14.8 Å². The van der Waals surface area contributed by atoms with Crippen LogP contribution in [0, 0.1) is 6.92 Å². The van der Waals surface area contributed by atoms with Gasteiger partial charge in [-0.3, -0.25) is 13.9 Å². The molecule has 0 aliphatic heterocycles. The summed E-state index contributed by atoms with van der Waals surface area (Å²) in [4.78, 5) is 28.3. The fourth-order valence-electron chi connectivity index (χ4n) is 3.29. The molecule has 0 amide bonds. The molecular formula is C19H21F2N3O4. The van der Waals surface area contributed by atoms with Crippen molar-refractivity contribution in [2.75, 3.05) is 6.61 Å². The van der Waals surface area contributed by atoms with Crippen LogP contribution in [0.2, 0.25) is 0 Å². The lowest BCUT2D eigenvalue weighted by atomic mass is 10.1. The summed E-state index contributed by atoms with van der Waals surface area (Å²) in [5.74, 6) is -0.0164. The van der Waals surface area contributed by atoms with Crippen molar-refractivity contribution in [1.82, 2.24) is 14.1 Å². The molecule has 2 heterocycles. The van der Waals surface area contributed by atoms with Crippen LogP contribution in [0.1, 0.15) is 18.9 Å². The highest BCUT2D eigenvalue weighted by Crippen LogP contribution is 2.31. The van der Waals surface area contributed by atoms with Crippen LogP contribution in [0.3, 0.4) is 0 Å². The molecule has 0 aliphatic rings. The maximum Gasteiger partial charge on any atom is 0.394 e. The van der Waals surface area contributed by atoms with E-state index in [0.29, 0.717) is 29.3 Å². The van der Waals surface area contributed by atoms with Crippen LogP contribution < -0.4 is 16.0 Å². The SMILES string of the molecule is Cc1c(-c2cccc(OC(C)(F)F)c2)[nH]c2c(=O)n(CCCO)c(=O)n(C)c12. The molecule has 150 valence electrons. The van der Waals surface area contributed by atoms with Gasteiger partial charge >= 0.3 is 11.8 Å². The largest absolute Gasteiger partial charge is 0.433 e. The number of aromatic nitrogens is 3. The number of nitrogens with one attached hydrogen (secondary N) is 1. The maximum atomic E-state index is 13.2. The van der Waals surface area contributed by atoms with Gasteiger partial charge in [0.15, 0.2) is 0 Å². The molecule has 9 heteroatoms. The summed E-state index contributed by atoms with van der Waals surface area (Å²) in [7, 11) is 1.56. The molecule has 0 saturated carbocycles. The number of H-pyrrole nitrogens is 1. The Hall–Kier alpha value is -2.94. The van der Waals surface area contributed by atoms with E-state index in [2.05, 4.69) is 9.72 Å². The smallest absolute Gasteiger partial charge is 0.394 e. The molecule has 0 spiro atoms. The standard InChI is InChI=1S/C19H21F2N3O4/c1-11-14(12-6-4-7-13(10-12)28-19(2,20)21)22-15-16(11)23(3)18(27)24(17(15)26)8-5-9-25/h4,6-7,10,22,25H,5,8-9H2,1-3H3. The van der Waals surface area contributed by atoms with Crippen LogP contribution in [0.5, 0.6) is 5.75 Å². The van der Waals surface area contributed by atoms with Crippen LogP contribution >= 0.6 is 0 Å². The lowest BCUT2D eigenvalue weighted by Gasteiger charge is -2.13. The van der Waals surface area contributed by atoms with Crippen molar-refractivity contribution in [3.05, 3.63) is 50.7 Å². The zero-order chi connectivity index (χ0) is 20.6. The number of alkyl halides is 2. The van der Waals surface area contributed by atoms with Gasteiger partial charge in [0.1, 0.15) is 11.3 Å². The van der Waals surface area contributed by atoms with Gasteiger partial charge in [-0.05, 0) is 31.0 Å². The highest BCUT2D eigenvalue weighted by molar-refractivity contribution is 5.87. The Bertz CT molecular complexity index is 1140. The van der Waals surface area contributed by atoms with E-state index in [4.69, 9.17) is 5.11 Å². The Morgan fingerprint density at radius 3 is 2.64 bits per heavy atom. The predicted molar refractivity (Wildman–Crippen MR) is 101 cm³/mol. The zero-order valence-electron chi connectivity index (χ0n) is 15.8. The number of halogens is 2. The van der Waals surface area contributed by atoms with Crippen molar-refractivity contribution in [1.29, 1.82) is 0 Å². The number of hydrogen-bond acceptors (Lipinski definition) is 4. The second-order valence-electron chi connectivity index (χ2n) is 6.66. The monoisotopic (exact) mass is 393 g/mol. The van der Waals surface area contributed by atoms with Crippen LogP contribution in [0.25, 0.3) is 22.3 Å². The molecular weight excluding hydrogens is 372 g/mol. The summed E-state index contributed by atoms with van der Waals surface area (Å²) in [5.41, 5.74) is 1.42. The topological polar surface area (TPSA) is 89.2 Å². The lowest BCUT2D eigenvalue weighted by Crippen LogP contribution is -2.39. The summed E-state index contributed by atoms with van der Waals surface area (Å²) in [6, 6.07) is 6.12. The molecule has 0 atom stereocenters. The van der Waals surface area contributed by atoms with Gasteiger partial charge in [-0.1, -0.05) is 12.1 Å². The molecule has 0 aliphatic carbocycles. The Kier molecular flexibility index (Phi) is 5.12. The normalized spacial score (nSPS) is 11.9. The molecule has 0 radical (unpaired) electrons. The lowest BCUT2D eigenvalue weighted by molar-refractivity contribution is -0.158. The van der Waals surface area contributed by atoms with E-state index >= 15 is 0 Å². The maximum absolute atomic E-state index is 13.2. The number of benzene rings is 1. The van der Waals surface area contributed by atoms with Gasteiger partial charge in [0.2, 0.25) is 0 Å². The van der Waals surface area contributed by atoms with Crippen molar-refractivity contribution < 1.29 is 18.6 Å². The second-order valence-corrected chi connectivity index (χ2v) is 6.66. The third kappa shape index (κ3) is 3.57. The molecule has 1 aromatic carbocycles. The second kappa shape index (κ2) is 7.23. The number of fused-ring (bicyclic) bond motifs is 1. The van der Waals surface area contributed by atoms with E-state index in [9.17, 15) is 18.4 Å². The summed E-state index contributed by atoms with van der Waals surface area (Å²) in [5, 5.41) is 9.00. The number of ether oxygens (including phenoxy) is 1. The fourth-order valence-corrected chi connectivity index (χ4v) is 3.29. The molecule has 3 aromatic rings. The minimum absolute atomic E-state index is 0.0164. The number of hydrogen-bond donors (Lipinski definition) is 2. The van der Waals surface area contributed by atoms with E-state index in [0.717, 1.165) is 4.57 Å². The third-order valence-electron chi connectivity index (χ3n) is 4.49. The third-order valence-corrected chi connectivity index (χ3v) is 4.49. The first-order valence-corrected chi connectivity index (χ1v) is 8.74. The van der Waals surface area contributed by atoms with Gasteiger partial charge in [-0.25, -0.2) is 4.79 Å². The number of nitrogens with zero attached hydrogens (tertiary/aromatic N) is 2. The van der Waals surface area contributed by atoms with Crippen molar-refractivity contribution in [2.24, 2.45) is 7.05 Å². The van der Waals surface area contributed by atoms with Crippen LogP contribution in [-0.4, -0.2) is 31.9 Å². The van der Waals surface area contributed by atoms with Gasteiger partial charge in [0.25, 0.3) is 5.56 Å². The number of aromatic amines is 1. The van der Waals surface area contributed by atoms with E-state index in [1.165, 1.54) is 16.7 Å². The summed E-state index contributed by atoms with van der Waals surface area (Å²) < 4.78 is 33.4. The summed E-state index contributed by atoms with van der Waals surface area (Å²) >= 11 is 0. The molecule has 2 N–H and O–H groups in total. The van der Waals surface area contributed by atoms with Crippen molar-refractivity contribution >= 4 is 11.0 Å². The molecule has 3 rings (SSSR count). The first-order chi connectivity index (χ1) is 13.1. The Balaban J connectivity index is 2.19. The number of aliphatic hydroxyl groups is 1. The van der Waals surface area contributed by atoms with E-state index in [1.54, 1.807) is 26.1 Å². The van der Waals surface area contributed by atoms with Crippen molar-refractivity contribution in [2.45, 2.75) is 32.9 Å². The van der Waals surface area contributed by atoms with Gasteiger partial charge in [0.05, 0.1) is 11.2 Å². The van der Waals surface area contributed by atoms with Crippen molar-refractivity contribution in [3.8, 4) is 17.0 Å². The summed E-state index contributed by atoms with van der Waals surface area (Å²) in [6.45, 7) is 2.35. The number of aryl methyl sites for hydroxylation is 2. The quantitative estimate of drug-likeness (QED) is 0.673. The van der Waals surface area contributed by atoms with Gasteiger partial charge in [-0.15, -0.1) is 0 Å². The zero-order valence-corrected chi connectivity index (χ0v) is 15.8. The Morgan fingerprint density at radius 1 is 1.29 bits per heavy atom. The van der Waals surface area contributed by atoms with Gasteiger partial charge in [0, 0.05) is 32.7 Å². The Morgan fingerprint density at radius 2 is 2.00 bits per heavy atom. The Labute approximate surface area is 158 Å². The molecule has 28 heavy (non-hydrogen) atoms. The first-order valence-electron chi connectivity index (χ1n) is 8.74. The predicted octanol–water partition coefficient (Wildman–Crippen LogP) is 2.38. The molecule has 0 fully saturated rings. The van der Waals surface area contributed by atoms with Crippen LogP contribution in [0.4, 0.5) is 8.78 Å². The van der Waals surface area contributed by atoms with Crippen molar-refractivity contribution in [3.63, 3.8) is 0 Å². The first kappa shape index (κ1) is 19.8. The summed E-state index contributed by atoms with van der Waals surface area (Å²) in [6.07, 6.45) is -3.05. The van der Waals surface area contributed by atoms with E-state index in [-0.39, 0.29) is 30.8 Å². The van der Waals surface area contributed by atoms with Crippen LogP contribution in [-0.2, 0) is 13.6 Å². The average molecular weight is 393 g/mol. The minimum Gasteiger partial charge on any atom is -0.433 e. The number of aliphatic hydroxyl groups excluding tert-OH is 1. The molecule has 7 nitrogen and oxygen atoms in total. The van der Waals surface area contributed by atoms with E-state index < -0.39 is 17.4 Å². The average Bonchev–Trinajstić information content (AvgIpc) is 2.96. The fraction of sp³-hybridized carbons (Fsp3) is 0.368. The van der Waals surface area contributed by atoms with E-state index in [1.807, 2.05) is 0 Å². The number of rotatable bonds is 6. The molecule has 0 bridgehead atoms. The van der Waals surface area contributed by atoms with Crippen LogP contribution in [0.15, 0.2) is 33.9 Å². The molecule has 0 unspecified atom stereocenters. The highest BCUT2D eigenvalue weighted by Gasteiger charge is 2.24. The molecule has 2 aromatic heterocycles.